The van der Waals surface area contributed by atoms with E-state index in [-0.39, 0.29) is 5.25 Å². The van der Waals surface area contributed by atoms with E-state index in [1.807, 2.05) is 0 Å². The largest absolute Gasteiger partial charge is 0.317 e. The lowest BCUT2D eigenvalue weighted by Crippen LogP contribution is -2.41. The first-order valence-electron chi connectivity index (χ1n) is 4.17. The second-order valence-electron chi connectivity index (χ2n) is 3.28. The third kappa shape index (κ3) is 1.97. The van der Waals surface area contributed by atoms with Gasteiger partial charge in [-0.05, 0) is 25.9 Å². The predicted octanol–water partition coefficient (Wildman–Crippen LogP) is -0.370. The highest BCUT2D eigenvalue weighted by molar-refractivity contribution is 7.89. The van der Waals surface area contributed by atoms with Gasteiger partial charge in [-0.3, -0.25) is 0 Å². The van der Waals surface area contributed by atoms with Crippen LogP contribution in [0.25, 0.3) is 0 Å². The first kappa shape index (κ1) is 9.95. The Morgan fingerprint density at radius 3 is 2.17 bits per heavy atom. The Balaban J connectivity index is 2.67. The summed E-state index contributed by atoms with van der Waals surface area (Å²) < 4.78 is 24.5. The molecule has 1 aliphatic rings. The molecule has 0 unspecified atom stereocenters. The molecule has 0 atom stereocenters. The predicted molar refractivity (Wildman–Crippen MR) is 48.5 cm³/mol. The van der Waals surface area contributed by atoms with Gasteiger partial charge in [0.25, 0.3) is 0 Å². The Hall–Kier alpha value is -0.130. The molecule has 72 valence electrons. The zero-order valence-electron chi connectivity index (χ0n) is 7.58. The number of nitrogens with zero attached hydrogens (tertiary/aromatic N) is 1. The van der Waals surface area contributed by atoms with Crippen LogP contribution in [0.3, 0.4) is 0 Å². The maximum atomic E-state index is 11.6. The van der Waals surface area contributed by atoms with Gasteiger partial charge in [0, 0.05) is 14.1 Å². The summed E-state index contributed by atoms with van der Waals surface area (Å²) in [5.41, 5.74) is 0. The lowest BCUT2D eigenvalue weighted by Gasteiger charge is -2.25. The van der Waals surface area contributed by atoms with Crippen molar-refractivity contribution in [2.45, 2.75) is 18.1 Å². The van der Waals surface area contributed by atoms with Gasteiger partial charge in [0.1, 0.15) is 0 Å². The van der Waals surface area contributed by atoms with Gasteiger partial charge < -0.3 is 5.32 Å². The molecule has 0 amide bonds. The van der Waals surface area contributed by atoms with Crippen LogP contribution in [0.2, 0.25) is 0 Å². The molecule has 0 saturated carbocycles. The van der Waals surface area contributed by atoms with Gasteiger partial charge in [-0.1, -0.05) is 0 Å². The van der Waals surface area contributed by atoms with E-state index in [2.05, 4.69) is 5.32 Å². The molecule has 0 spiro atoms. The molecule has 1 fully saturated rings. The van der Waals surface area contributed by atoms with Crippen molar-refractivity contribution in [2.75, 3.05) is 27.2 Å². The molecule has 0 aromatic heterocycles. The Kier molecular flexibility index (Phi) is 3.09. The minimum absolute atomic E-state index is 0.172. The molecule has 1 rings (SSSR count). The maximum Gasteiger partial charge on any atom is 0.216 e. The van der Waals surface area contributed by atoms with E-state index in [1.54, 1.807) is 14.1 Å². The van der Waals surface area contributed by atoms with Crippen LogP contribution in [0.1, 0.15) is 12.8 Å². The molecule has 12 heavy (non-hydrogen) atoms. The fourth-order valence-corrected chi connectivity index (χ4v) is 2.82. The Bertz CT molecular complexity index is 230. The molecule has 0 aromatic carbocycles. The van der Waals surface area contributed by atoms with Crippen molar-refractivity contribution < 1.29 is 8.42 Å². The lowest BCUT2D eigenvalue weighted by molar-refractivity contribution is 0.459. The third-order valence-electron chi connectivity index (χ3n) is 2.22. The summed E-state index contributed by atoms with van der Waals surface area (Å²) in [5.74, 6) is 0. The normalized spacial score (nSPS) is 21.6. The third-order valence-corrected chi connectivity index (χ3v) is 4.55. The molecule has 1 saturated heterocycles. The van der Waals surface area contributed by atoms with E-state index in [0.717, 1.165) is 25.9 Å². The number of hydrogen-bond acceptors (Lipinski definition) is 3. The topological polar surface area (TPSA) is 49.4 Å². The van der Waals surface area contributed by atoms with Gasteiger partial charge in [-0.15, -0.1) is 0 Å². The van der Waals surface area contributed by atoms with Gasteiger partial charge in [0.2, 0.25) is 10.0 Å². The number of sulfonamides is 1. The first-order valence-corrected chi connectivity index (χ1v) is 5.67. The van der Waals surface area contributed by atoms with E-state index >= 15 is 0 Å². The van der Waals surface area contributed by atoms with E-state index in [1.165, 1.54) is 4.31 Å². The van der Waals surface area contributed by atoms with Crippen molar-refractivity contribution in [3.05, 3.63) is 0 Å². The van der Waals surface area contributed by atoms with Crippen molar-refractivity contribution in [2.24, 2.45) is 0 Å². The standard InChI is InChI=1S/C7H16N2O2S/c1-9(2)12(10,11)7-3-5-8-6-4-7/h7-8H,3-6H2,1-2H3. The van der Waals surface area contributed by atoms with Gasteiger partial charge in [0.15, 0.2) is 0 Å². The van der Waals surface area contributed by atoms with Crippen LogP contribution >= 0.6 is 0 Å². The summed E-state index contributed by atoms with van der Waals surface area (Å²) in [6.45, 7) is 1.63. The molecule has 0 aliphatic carbocycles. The molecular weight excluding hydrogens is 176 g/mol. The van der Waals surface area contributed by atoms with Crippen LogP contribution in [-0.2, 0) is 10.0 Å². The lowest BCUT2D eigenvalue weighted by atomic mass is 10.2. The summed E-state index contributed by atoms with van der Waals surface area (Å²) in [7, 11) is 0.183. The fourth-order valence-electron chi connectivity index (χ4n) is 1.39. The zero-order chi connectivity index (χ0) is 9.19. The number of nitrogens with one attached hydrogen (secondary N) is 1. The van der Waals surface area contributed by atoms with Crippen molar-refractivity contribution in [3.63, 3.8) is 0 Å². The second kappa shape index (κ2) is 3.72. The SMILES string of the molecule is CN(C)S(=O)(=O)C1CCNCC1. The van der Waals surface area contributed by atoms with Crippen LogP contribution < -0.4 is 5.32 Å². The highest BCUT2D eigenvalue weighted by Gasteiger charge is 2.28. The van der Waals surface area contributed by atoms with E-state index in [4.69, 9.17) is 0 Å². The van der Waals surface area contributed by atoms with Crippen molar-refractivity contribution in [1.82, 2.24) is 9.62 Å². The summed E-state index contributed by atoms with van der Waals surface area (Å²) >= 11 is 0. The highest BCUT2D eigenvalue weighted by atomic mass is 32.2. The van der Waals surface area contributed by atoms with Crippen LogP contribution in [0.5, 0.6) is 0 Å². The average molecular weight is 192 g/mol. The number of piperidine rings is 1. The van der Waals surface area contributed by atoms with Crippen molar-refractivity contribution in [3.8, 4) is 0 Å². The average Bonchev–Trinajstić information content (AvgIpc) is 2.06. The summed E-state index contributed by atoms with van der Waals surface area (Å²) in [6, 6.07) is 0. The number of rotatable bonds is 2. The maximum absolute atomic E-state index is 11.6. The van der Waals surface area contributed by atoms with Crippen LogP contribution in [0.15, 0.2) is 0 Å². The number of hydrogen-bond donors (Lipinski definition) is 1. The molecule has 1 aliphatic heterocycles. The molecule has 5 heteroatoms. The van der Waals surface area contributed by atoms with E-state index in [9.17, 15) is 8.42 Å². The monoisotopic (exact) mass is 192 g/mol. The first-order chi connectivity index (χ1) is 5.55. The zero-order valence-corrected chi connectivity index (χ0v) is 8.39. The molecule has 1 heterocycles. The smallest absolute Gasteiger partial charge is 0.216 e. The summed E-state index contributed by atoms with van der Waals surface area (Å²) in [5, 5.41) is 2.97. The molecule has 0 radical (unpaired) electrons. The van der Waals surface area contributed by atoms with E-state index < -0.39 is 10.0 Å². The fraction of sp³-hybridized carbons (Fsp3) is 1.00. The Morgan fingerprint density at radius 1 is 1.25 bits per heavy atom. The van der Waals surface area contributed by atoms with Crippen LogP contribution in [0.4, 0.5) is 0 Å². The van der Waals surface area contributed by atoms with Gasteiger partial charge in [-0.2, -0.15) is 0 Å². The highest BCUT2D eigenvalue weighted by Crippen LogP contribution is 2.14. The minimum Gasteiger partial charge on any atom is -0.317 e. The van der Waals surface area contributed by atoms with E-state index in [0.29, 0.717) is 0 Å². The quantitative estimate of drug-likeness (QED) is 0.649. The van der Waals surface area contributed by atoms with Gasteiger partial charge in [-0.25, -0.2) is 12.7 Å². The van der Waals surface area contributed by atoms with Crippen molar-refractivity contribution in [1.29, 1.82) is 0 Å². The Labute approximate surface area is 74.0 Å². The Morgan fingerprint density at radius 2 is 1.75 bits per heavy atom. The van der Waals surface area contributed by atoms with Crippen molar-refractivity contribution >= 4 is 10.0 Å². The summed E-state index contributed by atoms with van der Waals surface area (Å²) in [4.78, 5) is 0. The van der Waals surface area contributed by atoms with Crippen LogP contribution in [-0.4, -0.2) is 45.2 Å². The van der Waals surface area contributed by atoms with Gasteiger partial charge >= 0.3 is 0 Å². The second-order valence-corrected chi connectivity index (χ2v) is 5.70. The van der Waals surface area contributed by atoms with Crippen LogP contribution in [0, 0.1) is 0 Å². The minimum atomic E-state index is -3.01. The summed E-state index contributed by atoms with van der Waals surface area (Å²) in [6.07, 6.45) is 1.47. The van der Waals surface area contributed by atoms with Gasteiger partial charge in [0.05, 0.1) is 5.25 Å². The molecule has 1 N–H and O–H groups in total. The molecule has 0 aromatic rings. The molecular formula is C7H16N2O2S. The molecule has 4 nitrogen and oxygen atoms in total. The molecule has 0 bridgehead atoms.